The standard InChI is InChI=1S/C19H22N4O6/c1-10-9-22-14-6-5-13(23(27)28)7-12(14)8-19(15(22)11(2)29-10)16(24)20(3)18(26)21(4)17(19)25/h5-7,10-11,15H,8-9H2,1-4H3/t10-,11+,15-/m0/s1. The van der Waals surface area contributed by atoms with E-state index in [0.29, 0.717) is 12.1 Å². The zero-order chi connectivity index (χ0) is 21.2. The fourth-order valence-corrected chi connectivity index (χ4v) is 5.05. The van der Waals surface area contributed by atoms with Crippen molar-refractivity contribution in [1.82, 2.24) is 9.80 Å². The molecular weight excluding hydrogens is 380 g/mol. The first-order valence-electron chi connectivity index (χ1n) is 9.39. The summed E-state index contributed by atoms with van der Waals surface area (Å²) >= 11 is 0. The fourth-order valence-electron chi connectivity index (χ4n) is 5.05. The van der Waals surface area contributed by atoms with Gasteiger partial charge in [0.25, 0.3) is 5.69 Å². The minimum atomic E-state index is -1.60. The Kier molecular flexibility index (Phi) is 4.16. The Morgan fingerprint density at radius 3 is 2.34 bits per heavy atom. The molecule has 0 bridgehead atoms. The summed E-state index contributed by atoms with van der Waals surface area (Å²) in [5, 5.41) is 11.3. The number of ether oxygens (including phenoxy) is 1. The lowest BCUT2D eigenvalue weighted by molar-refractivity contribution is -0.384. The molecule has 1 spiro atoms. The molecule has 0 saturated carbocycles. The Morgan fingerprint density at radius 1 is 1.14 bits per heavy atom. The van der Waals surface area contributed by atoms with E-state index in [0.717, 1.165) is 15.5 Å². The van der Waals surface area contributed by atoms with E-state index >= 15 is 0 Å². The summed E-state index contributed by atoms with van der Waals surface area (Å²) in [7, 11) is 2.69. The average Bonchev–Trinajstić information content (AvgIpc) is 2.68. The van der Waals surface area contributed by atoms with Gasteiger partial charge in [-0.15, -0.1) is 0 Å². The van der Waals surface area contributed by atoms with E-state index in [4.69, 9.17) is 4.74 Å². The van der Waals surface area contributed by atoms with Gasteiger partial charge in [-0.05, 0) is 25.5 Å². The molecule has 29 heavy (non-hydrogen) atoms. The molecule has 3 aliphatic heterocycles. The largest absolute Gasteiger partial charge is 0.372 e. The fraction of sp³-hybridized carbons (Fsp3) is 0.526. The minimum absolute atomic E-state index is 0.0348. The quantitative estimate of drug-likeness (QED) is 0.394. The number of anilines is 1. The molecule has 3 atom stereocenters. The van der Waals surface area contributed by atoms with Crippen LogP contribution in [0.15, 0.2) is 18.2 Å². The van der Waals surface area contributed by atoms with E-state index < -0.39 is 40.3 Å². The number of barbiturate groups is 1. The van der Waals surface area contributed by atoms with Crippen molar-refractivity contribution in [2.24, 2.45) is 5.41 Å². The van der Waals surface area contributed by atoms with Crippen molar-refractivity contribution in [2.75, 3.05) is 25.5 Å². The second-order valence-corrected chi connectivity index (χ2v) is 7.98. The Bertz CT molecular complexity index is 923. The van der Waals surface area contributed by atoms with Gasteiger partial charge in [-0.25, -0.2) is 4.79 Å². The summed E-state index contributed by atoms with van der Waals surface area (Å²) in [6.07, 6.45) is -0.664. The molecule has 1 aromatic rings. The summed E-state index contributed by atoms with van der Waals surface area (Å²) in [4.78, 5) is 53.8. The predicted molar refractivity (Wildman–Crippen MR) is 101 cm³/mol. The highest BCUT2D eigenvalue weighted by Gasteiger charge is 2.65. The highest BCUT2D eigenvalue weighted by molar-refractivity contribution is 6.20. The second kappa shape index (κ2) is 6.24. The molecule has 3 heterocycles. The number of morpholine rings is 1. The van der Waals surface area contributed by atoms with Gasteiger partial charge in [-0.1, -0.05) is 0 Å². The van der Waals surface area contributed by atoms with Crippen LogP contribution in [0.5, 0.6) is 0 Å². The molecule has 0 aromatic heterocycles. The average molecular weight is 402 g/mol. The third-order valence-electron chi connectivity index (χ3n) is 6.19. The van der Waals surface area contributed by atoms with Gasteiger partial charge in [0.2, 0.25) is 11.8 Å². The molecule has 2 saturated heterocycles. The van der Waals surface area contributed by atoms with Crippen molar-refractivity contribution in [2.45, 2.75) is 38.5 Å². The number of amides is 4. The predicted octanol–water partition coefficient (Wildman–Crippen LogP) is 1.17. The van der Waals surface area contributed by atoms with E-state index in [1.165, 1.54) is 26.2 Å². The first-order valence-corrected chi connectivity index (χ1v) is 9.39. The molecule has 10 heteroatoms. The van der Waals surface area contributed by atoms with Crippen molar-refractivity contribution >= 4 is 29.2 Å². The number of nitrogens with zero attached hydrogens (tertiary/aromatic N) is 4. The summed E-state index contributed by atoms with van der Waals surface area (Å²) in [6.45, 7) is 4.12. The first-order chi connectivity index (χ1) is 13.6. The number of fused-ring (bicyclic) bond motifs is 4. The molecule has 0 aliphatic carbocycles. The molecule has 0 unspecified atom stereocenters. The van der Waals surface area contributed by atoms with Crippen LogP contribution in [0.2, 0.25) is 0 Å². The van der Waals surface area contributed by atoms with Gasteiger partial charge in [-0.3, -0.25) is 29.5 Å². The number of imide groups is 2. The lowest BCUT2D eigenvalue weighted by atomic mass is 9.66. The van der Waals surface area contributed by atoms with E-state index in [2.05, 4.69) is 0 Å². The van der Waals surface area contributed by atoms with Gasteiger partial charge >= 0.3 is 6.03 Å². The maximum absolute atomic E-state index is 13.4. The smallest absolute Gasteiger partial charge is 0.332 e. The molecule has 1 aromatic carbocycles. The molecular formula is C19H22N4O6. The summed E-state index contributed by atoms with van der Waals surface area (Å²) in [5.41, 5.74) is -0.426. The van der Waals surface area contributed by atoms with Crippen LogP contribution in [-0.4, -0.2) is 71.5 Å². The third kappa shape index (κ3) is 2.48. The Morgan fingerprint density at radius 2 is 1.76 bits per heavy atom. The zero-order valence-electron chi connectivity index (χ0n) is 16.6. The molecule has 0 N–H and O–H groups in total. The van der Waals surface area contributed by atoms with Crippen molar-refractivity contribution in [3.63, 3.8) is 0 Å². The van der Waals surface area contributed by atoms with Gasteiger partial charge < -0.3 is 9.64 Å². The highest BCUT2D eigenvalue weighted by atomic mass is 16.6. The van der Waals surface area contributed by atoms with Crippen LogP contribution in [0.25, 0.3) is 0 Å². The van der Waals surface area contributed by atoms with E-state index in [1.807, 2.05) is 18.7 Å². The number of hydrogen-bond donors (Lipinski definition) is 0. The number of non-ortho nitro benzene ring substituents is 1. The number of urea groups is 1. The van der Waals surface area contributed by atoms with Crippen LogP contribution in [-0.2, 0) is 20.7 Å². The van der Waals surface area contributed by atoms with E-state index in [-0.39, 0.29) is 18.2 Å². The number of carbonyl (C=O) groups excluding carboxylic acids is 3. The van der Waals surface area contributed by atoms with Crippen molar-refractivity contribution in [3.05, 3.63) is 33.9 Å². The van der Waals surface area contributed by atoms with E-state index in [1.54, 1.807) is 6.07 Å². The lowest BCUT2D eigenvalue weighted by Crippen LogP contribution is -2.75. The number of nitro benzene ring substituents is 1. The second-order valence-electron chi connectivity index (χ2n) is 7.98. The van der Waals surface area contributed by atoms with Crippen LogP contribution in [0.3, 0.4) is 0 Å². The summed E-state index contributed by atoms with van der Waals surface area (Å²) in [6, 6.07) is 3.17. The topological polar surface area (TPSA) is 113 Å². The Labute approximate surface area is 167 Å². The first kappa shape index (κ1) is 19.3. The Balaban J connectivity index is 1.96. The van der Waals surface area contributed by atoms with Crippen molar-refractivity contribution < 1.29 is 24.0 Å². The monoisotopic (exact) mass is 402 g/mol. The van der Waals surface area contributed by atoms with Gasteiger partial charge in [0, 0.05) is 44.9 Å². The molecule has 154 valence electrons. The van der Waals surface area contributed by atoms with Crippen LogP contribution >= 0.6 is 0 Å². The highest BCUT2D eigenvalue weighted by Crippen LogP contribution is 2.49. The maximum atomic E-state index is 13.4. The zero-order valence-corrected chi connectivity index (χ0v) is 16.6. The normalized spacial score (nSPS) is 28.5. The van der Waals surface area contributed by atoms with Crippen LogP contribution in [0.1, 0.15) is 19.4 Å². The Hall–Kier alpha value is -3.01. The number of carbonyl (C=O) groups is 3. The van der Waals surface area contributed by atoms with Crippen molar-refractivity contribution in [1.29, 1.82) is 0 Å². The van der Waals surface area contributed by atoms with Crippen LogP contribution in [0, 0.1) is 15.5 Å². The van der Waals surface area contributed by atoms with Gasteiger partial charge in [0.1, 0.15) is 0 Å². The molecule has 2 fully saturated rings. The number of rotatable bonds is 1. The molecule has 3 aliphatic rings. The van der Waals surface area contributed by atoms with Crippen LogP contribution < -0.4 is 4.90 Å². The molecule has 10 nitrogen and oxygen atoms in total. The van der Waals surface area contributed by atoms with Crippen LogP contribution in [0.4, 0.5) is 16.2 Å². The van der Waals surface area contributed by atoms with Gasteiger partial charge in [0.15, 0.2) is 5.41 Å². The number of hydrogen-bond acceptors (Lipinski definition) is 7. The van der Waals surface area contributed by atoms with E-state index in [9.17, 15) is 24.5 Å². The summed E-state index contributed by atoms with van der Waals surface area (Å²) < 4.78 is 5.98. The van der Waals surface area contributed by atoms with Gasteiger partial charge in [0.05, 0.1) is 23.2 Å². The number of nitro groups is 1. The SMILES string of the molecule is C[C@H]1CN2c3ccc([N+](=O)[O-])cc3CC3(C(=O)N(C)C(=O)N(C)C3=O)[C@@H]2[C@@H](C)O1. The molecule has 4 rings (SSSR count). The maximum Gasteiger partial charge on any atom is 0.332 e. The molecule has 4 amide bonds. The van der Waals surface area contributed by atoms with Crippen molar-refractivity contribution in [3.8, 4) is 0 Å². The summed E-state index contributed by atoms with van der Waals surface area (Å²) in [5.74, 6) is -1.22. The lowest BCUT2D eigenvalue weighted by Gasteiger charge is -2.57. The molecule has 0 radical (unpaired) electrons. The van der Waals surface area contributed by atoms with Gasteiger partial charge in [-0.2, -0.15) is 0 Å². The number of benzene rings is 1. The third-order valence-corrected chi connectivity index (χ3v) is 6.19. The minimum Gasteiger partial charge on any atom is -0.372 e.